The van der Waals surface area contributed by atoms with Crippen LogP contribution in [0, 0.1) is 0 Å². The van der Waals surface area contributed by atoms with Crippen LogP contribution in [0.5, 0.6) is 11.5 Å². The van der Waals surface area contributed by atoms with Gasteiger partial charge < -0.3 is 9.64 Å². The predicted octanol–water partition coefficient (Wildman–Crippen LogP) is 3.18. The number of carbonyl (C=O) groups excluding carboxylic acids is 1. The van der Waals surface area contributed by atoms with Crippen LogP contribution < -0.4 is 4.74 Å². The minimum atomic E-state index is -0.284. The van der Waals surface area contributed by atoms with Crippen LogP contribution in [0.3, 0.4) is 0 Å². The van der Waals surface area contributed by atoms with Gasteiger partial charge in [-0.05, 0) is 24.3 Å². The van der Waals surface area contributed by atoms with Crippen molar-refractivity contribution in [2.75, 3.05) is 13.6 Å². The maximum Gasteiger partial charge on any atom is 0.232 e. The molecule has 0 spiro atoms. The number of amides is 1. The van der Waals surface area contributed by atoms with E-state index in [1.165, 1.54) is 0 Å². The summed E-state index contributed by atoms with van der Waals surface area (Å²) in [6.07, 6.45) is 1.70. The molecule has 2 aromatic rings. The van der Waals surface area contributed by atoms with Gasteiger partial charge in [0.2, 0.25) is 5.91 Å². The number of hydrogen-bond donors (Lipinski definition) is 0. The lowest BCUT2D eigenvalue weighted by molar-refractivity contribution is -0.127. The molecule has 106 valence electrons. The Balaban J connectivity index is 1.98. The molecule has 0 unspecified atom stereocenters. The number of carbonyl (C=O) groups is 1. The second-order valence-corrected chi connectivity index (χ2v) is 5.91. The van der Waals surface area contributed by atoms with E-state index in [2.05, 4.69) is 4.98 Å². The number of fused-ring (bicyclic) bond motifs is 5. The van der Waals surface area contributed by atoms with Crippen molar-refractivity contribution in [3.63, 3.8) is 0 Å². The quantitative estimate of drug-likeness (QED) is 0.750. The summed E-state index contributed by atoms with van der Waals surface area (Å²) < 4.78 is 5.99. The highest BCUT2D eigenvalue weighted by molar-refractivity contribution is 6.30. The first-order valence-electron chi connectivity index (χ1n) is 6.82. The van der Waals surface area contributed by atoms with Crippen molar-refractivity contribution in [3.8, 4) is 11.5 Å². The molecule has 2 aliphatic rings. The number of likely N-dealkylation sites (tertiary alicyclic amines) is 1. The molecule has 4 nitrogen and oxygen atoms in total. The van der Waals surface area contributed by atoms with Crippen LogP contribution in [-0.2, 0) is 4.79 Å². The van der Waals surface area contributed by atoms with E-state index in [-0.39, 0.29) is 17.7 Å². The van der Waals surface area contributed by atoms with Crippen LogP contribution >= 0.6 is 11.6 Å². The van der Waals surface area contributed by atoms with Gasteiger partial charge in [-0.1, -0.05) is 17.7 Å². The van der Waals surface area contributed by atoms with Gasteiger partial charge in [0.25, 0.3) is 0 Å². The third kappa shape index (κ3) is 1.83. The third-order valence-electron chi connectivity index (χ3n) is 4.20. The van der Waals surface area contributed by atoms with Gasteiger partial charge in [-0.2, -0.15) is 0 Å². The molecule has 2 aliphatic heterocycles. The molecule has 0 saturated carbocycles. The highest BCUT2D eigenvalue weighted by atomic mass is 35.5. The number of hydrogen-bond acceptors (Lipinski definition) is 3. The molecule has 0 N–H and O–H groups in total. The number of aromatic nitrogens is 1. The van der Waals surface area contributed by atoms with E-state index in [1.54, 1.807) is 17.2 Å². The Morgan fingerprint density at radius 3 is 3.05 bits per heavy atom. The van der Waals surface area contributed by atoms with E-state index in [4.69, 9.17) is 16.3 Å². The molecule has 3 heterocycles. The monoisotopic (exact) mass is 300 g/mol. The second-order valence-electron chi connectivity index (χ2n) is 5.47. The first-order chi connectivity index (χ1) is 10.1. The summed E-state index contributed by atoms with van der Waals surface area (Å²) in [4.78, 5) is 18.7. The van der Waals surface area contributed by atoms with Crippen LogP contribution in [0.4, 0.5) is 0 Å². The zero-order valence-electron chi connectivity index (χ0n) is 11.4. The topological polar surface area (TPSA) is 42.4 Å². The Morgan fingerprint density at radius 1 is 1.33 bits per heavy atom. The molecule has 0 aliphatic carbocycles. The molecule has 21 heavy (non-hydrogen) atoms. The fraction of sp³-hybridized carbons (Fsp3) is 0.250. The molecule has 1 aromatic heterocycles. The molecule has 0 bridgehead atoms. The maximum atomic E-state index is 12.5. The minimum absolute atomic E-state index is 0.0471. The third-order valence-corrected chi connectivity index (χ3v) is 4.44. The Labute approximate surface area is 127 Å². The molecular weight excluding hydrogens is 288 g/mol. The summed E-state index contributed by atoms with van der Waals surface area (Å²) in [5.41, 5.74) is 1.73. The molecule has 1 fully saturated rings. The number of nitrogens with zero attached hydrogens (tertiary/aromatic N) is 2. The zero-order valence-corrected chi connectivity index (χ0v) is 12.2. The normalized spacial score (nSPS) is 23.0. The number of ether oxygens (including phenoxy) is 1. The predicted molar refractivity (Wildman–Crippen MR) is 78.9 cm³/mol. The first-order valence-corrected chi connectivity index (χ1v) is 7.20. The molecular formula is C16H13ClN2O2. The SMILES string of the molecule is CN1C[C@@H]2c3ccc(Cl)cc3Oc3cccnc3[C@H]2C1=O. The molecule has 1 aromatic carbocycles. The van der Waals surface area contributed by atoms with Crippen molar-refractivity contribution in [1.82, 2.24) is 9.88 Å². The van der Waals surface area contributed by atoms with E-state index >= 15 is 0 Å². The van der Waals surface area contributed by atoms with E-state index in [9.17, 15) is 4.79 Å². The summed E-state index contributed by atoms with van der Waals surface area (Å²) in [5, 5.41) is 0.621. The largest absolute Gasteiger partial charge is 0.455 e. The van der Waals surface area contributed by atoms with Gasteiger partial charge >= 0.3 is 0 Å². The van der Waals surface area contributed by atoms with E-state index in [1.807, 2.05) is 31.3 Å². The molecule has 0 radical (unpaired) electrons. The Morgan fingerprint density at radius 2 is 2.19 bits per heavy atom. The molecule has 4 rings (SSSR count). The molecule has 1 amide bonds. The Hall–Kier alpha value is -2.07. The van der Waals surface area contributed by atoms with Crippen molar-refractivity contribution >= 4 is 17.5 Å². The lowest BCUT2D eigenvalue weighted by atomic mass is 9.86. The van der Waals surface area contributed by atoms with Crippen molar-refractivity contribution in [1.29, 1.82) is 0 Å². The maximum absolute atomic E-state index is 12.5. The number of pyridine rings is 1. The van der Waals surface area contributed by atoms with Gasteiger partial charge in [-0.3, -0.25) is 9.78 Å². The van der Waals surface area contributed by atoms with Gasteiger partial charge in [0, 0.05) is 36.3 Å². The Bertz CT molecular complexity index is 747. The fourth-order valence-electron chi connectivity index (χ4n) is 3.23. The van der Waals surface area contributed by atoms with Gasteiger partial charge in [0.05, 0.1) is 11.6 Å². The lowest BCUT2D eigenvalue weighted by Gasteiger charge is -2.14. The fourth-order valence-corrected chi connectivity index (χ4v) is 3.39. The molecule has 5 heteroatoms. The highest BCUT2D eigenvalue weighted by Crippen LogP contribution is 2.49. The number of rotatable bonds is 0. The van der Waals surface area contributed by atoms with E-state index < -0.39 is 0 Å². The van der Waals surface area contributed by atoms with Gasteiger partial charge in [-0.15, -0.1) is 0 Å². The smallest absolute Gasteiger partial charge is 0.232 e. The van der Waals surface area contributed by atoms with Crippen molar-refractivity contribution in [2.24, 2.45) is 0 Å². The van der Waals surface area contributed by atoms with Crippen LogP contribution in [-0.4, -0.2) is 29.4 Å². The number of likely N-dealkylation sites (N-methyl/N-ethyl adjacent to an activating group) is 1. The van der Waals surface area contributed by atoms with Gasteiger partial charge in [0.1, 0.15) is 11.5 Å². The standard InChI is InChI=1S/C16H13ClN2O2/c1-19-8-11-10-5-4-9(17)7-13(10)21-12-3-2-6-18-15(12)14(11)16(19)20/h2-7,11,14H,8H2,1H3/t11-,14+/m1/s1. The highest BCUT2D eigenvalue weighted by Gasteiger charge is 2.45. The van der Waals surface area contributed by atoms with Gasteiger partial charge in [-0.25, -0.2) is 0 Å². The van der Waals surface area contributed by atoms with Crippen LogP contribution in [0.2, 0.25) is 5.02 Å². The zero-order chi connectivity index (χ0) is 14.6. The second kappa shape index (κ2) is 4.46. The summed E-state index contributed by atoms with van der Waals surface area (Å²) >= 11 is 6.08. The molecule has 2 atom stereocenters. The number of halogens is 1. The lowest BCUT2D eigenvalue weighted by Crippen LogP contribution is -2.22. The summed E-state index contributed by atoms with van der Waals surface area (Å²) in [7, 11) is 1.83. The van der Waals surface area contributed by atoms with Crippen molar-refractivity contribution in [3.05, 3.63) is 52.8 Å². The summed E-state index contributed by atoms with van der Waals surface area (Å²) in [5.74, 6) is 1.20. The first kappa shape index (κ1) is 12.7. The van der Waals surface area contributed by atoms with Gasteiger partial charge in [0.15, 0.2) is 0 Å². The average molecular weight is 301 g/mol. The van der Waals surface area contributed by atoms with Crippen molar-refractivity contribution < 1.29 is 9.53 Å². The minimum Gasteiger partial charge on any atom is -0.455 e. The van der Waals surface area contributed by atoms with E-state index in [0.29, 0.717) is 28.8 Å². The van der Waals surface area contributed by atoms with Crippen molar-refractivity contribution in [2.45, 2.75) is 11.8 Å². The Kier molecular flexibility index (Phi) is 2.69. The van der Waals surface area contributed by atoms with Crippen LogP contribution in [0.25, 0.3) is 0 Å². The number of benzene rings is 1. The average Bonchev–Trinajstić information content (AvgIpc) is 2.68. The van der Waals surface area contributed by atoms with E-state index in [0.717, 1.165) is 5.56 Å². The summed E-state index contributed by atoms with van der Waals surface area (Å²) in [6, 6.07) is 9.26. The van der Waals surface area contributed by atoms with Crippen LogP contribution in [0.15, 0.2) is 36.5 Å². The molecule has 1 saturated heterocycles. The summed E-state index contributed by atoms with van der Waals surface area (Å²) in [6.45, 7) is 0.664. The van der Waals surface area contributed by atoms with Crippen LogP contribution in [0.1, 0.15) is 23.1 Å².